The number of allylic oxidation sites excluding steroid dienone is 1. The van der Waals surface area contributed by atoms with Gasteiger partial charge in [0.15, 0.2) is 28.1 Å². The Bertz CT molecular complexity index is 2200. The molecule has 5 aromatic carbocycles. The molecule has 1 unspecified atom stereocenters. The summed E-state index contributed by atoms with van der Waals surface area (Å²) in [5.41, 5.74) is 1.10. The van der Waals surface area contributed by atoms with Crippen molar-refractivity contribution >= 4 is 60.6 Å². The topological polar surface area (TPSA) is 131 Å². The van der Waals surface area contributed by atoms with E-state index in [-0.39, 0.29) is 51.3 Å². The number of aromatic hydroxyl groups is 2. The van der Waals surface area contributed by atoms with Crippen molar-refractivity contribution in [3.63, 3.8) is 0 Å². The summed E-state index contributed by atoms with van der Waals surface area (Å²) in [4.78, 5) is 41.1. The van der Waals surface area contributed by atoms with Crippen molar-refractivity contribution in [2.45, 2.75) is 57.9 Å². The Morgan fingerprint density at radius 1 is 0.773 bits per heavy atom. The van der Waals surface area contributed by atoms with Gasteiger partial charge in [0.25, 0.3) is 0 Å². The van der Waals surface area contributed by atoms with Gasteiger partial charge in [-0.1, -0.05) is 30.9 Å². The van der Waals surface area contributed by atoms with Crippen molar-refractivity contribution in [3.05, 3.63) is 49.3 Å². The molecule has 0 radical (unpaired) electrons. The fourth-order valence-electron chi connectivity index (χ4n) is 7.87. The lowest BCUT2D eigenvalue weighted by Gasteiger charge is -2.28. The number of hydrogen-bond donors (Lipinski definition) is 3. The smallest absolute Gasteiger partial charge is 0.194 e. The number of carbonyl (C=O) groups is 1. The van der Waals surface area contributed by atoms with Gasteiger partial charge in [0.2, 0.25) is 0 Å². The first-order chi connectivity index (χ1) is 21.1. The fraction of sp³-hybridized carbons (Fsp3) is 0.343. The second-order valence-corrected chi connectivity index (χ2v) is 12.0. The molecule has 0 heterocycles. The Hall–Kier alpha value is -4.79. The van der Waals surface area contributed by atoms with Crippen LogP contribution in [0.5, 0.6) is 28.7 Å². The van der Waals surface area contributed by atoms with Gasteiger partial charge in [-0.3, -0.25) is 14.4 Å². The first-order valence-electron chi connectivity index (χ1n) is 14.8. The van der Waals surface area contributed by atoms with E-state index in [9.17, 15) is 24.6 Å². The van der Waals surface area contributed by atoms with Gasteiger partial charge >= 0.3 is 0 Å². The van der Waals surface area contributed by atoms with Crippen molar-refractivity contribution in [1.82, 2.24) is 0 Å². The largest absolute Gasteiger partial charge is 0.505 e. The van der Waals surface area contributed by atoms with Crippen LogP contribution in [0.4, 0.5) is 5.69 Å². The number of nitrogens with one attached hydrogen (secondary N) is 1. The molecular weight excluding hydrogens is 562 g/mol. The molecule has 9 heteroatoms. The predicted molar refractivity (Wildman–Crippen MR) is 172 cm³/mol. The van der Waals surface area contributed by atoms with Gasteiger partial charge in [-0.15, -0.1) is 0 Å². The lowest BCUT2D eigenvalue weighted by atomic mass is 9.80. The average molecular weight is 596 g/mol. The van der Waals surface area contributed by atoms with Crippen LogP contribution in [0.1, 0.15) is 63.0 Å². The van der Waals surface area contributed by atoms with Crippen molar-refractivity contribution in [1.29, 1.82) is 0 Å². The summed E-state index contributed by atoms with van der Waals surface area (Å²) in [6, 6.07) is 2.69. The maximum absolute atomic E-state index is 13.9. The summed E-state index contributed by atoms with van der Waals surface area (Å²) in [6.07, 6.45) is 6.91. The van der Waals surface area contributed by atoms with Gasteiger partial charge < -0.3 is 29.7 Å². The number of ether oxygens (including phenoxy) is 3. The molecule has 44 heavy (non-hydrogen) atoms. The second-order valence-electron chi connectivity index (χ2n) is 12.0. The van der Waals surface area contributed by atoms with E-state index in [4.69, 9.17) is 14.2 Å². The van der Waals surface area contributed by atoms with E-state index in [0.29, 0.717) is 54.7 Å². The van der Waals surface area contributed by atoms with Crippen LogP contribution < -0.4 is 30.4 Å². The Morgan fingerprint density at radius 2 is 1.34 bits per heavy atom. The quantitative estimate of drug-likeness (QED) is 0.120. The SMILES string of the molecule is COc1c(O)c2c(=O)cc(OC)c3c4c(OC)cc(=O)c5c(O)c(NC6CCCCC6)c6c(c(c1C(C(C)=O)C(C)=C6)c23)c54. The van der Waals surface area contributed by atoms with Crippen LogP contribution in [0.25, 0.3) is 49.2 Å². The molecule has 0 aliphatic heterocycles. The summed E-state index contributed by atoms with van der Waals surface area (Å²) in [7, 11) is 4.27. The first-order valence-corrected chi connectivity index (χ1v) is 14.8. The number of rotatable bonds is 6. The normalized spacial score (nSPS) is 17.0. The van der Waals surface area contributed by atoms with Crippen molar-refractivity contribution < 1.29 is 29.2 Å². The highest BCUT2D eigenvalue weighted by Crippen LogP contribution is 2.58. The molecule has 226 valence electrons. The lowest BCUT2D eigenvalue weighted by Crippen LogP contribution is -2.23. The van der Waals surface area contributed by atoms with E-state index in [1.807, 2.05) is 13.0 Å². The van der Waals surface area contributed by atoms with E-state index in [1.54, 1.807) is 0 Å². The molecule has 1 atom stereocenters. The molecule has 0 amide bonds. The molecule has 0 bridgehead atoms. The van der Waals surface area contributed by atoms with Crippen LogP contribution in [-0.4, -0.2) is 43.4 Å². The summed E-state index contributed by atoms with van der Waals surface area (Å²) in [5, 5.41) is 30.0. The molecule has 3 N–H and O–H groups in total. The number of carbonyl (C=O) groups excluding carboxylic acids is 1. The van der Waals surface area contributed by atoms with Crippen LogP contribution >= 0.6 is 0 Å². The maximum atomic E-state index is 13.9. The third-order valence-corrected chi connectivity index (χ3v) is 9.61. The van der Waals surface area contributed by atoms with Crippen LogP contribution in [0.15, 0.2) is 27.3 Å². The van der Waals surface area contributed by atoms with Crippen LogP contribution in [0, 0.1) is 0 Å². The van der Waals surface area contributed by atoms with E-state index in [0.717, 1.165) is 32.1 Å². The number of benzene rings is 5. The van der Waals surface area contributed by atoms with E-state index in [1.165, 1.54) is 40.4 Å². The Morgan fingerprint density at radius 3 is 1.89 bits per heavy atom. The monoisotopic (exact) mass is 595 g/mol. The zero-order valence-corrected chi connectivity index (χ0v) is 25.3. The van der Waals surface area contributed by atoms with E-state index >= 15 is 0 Å². The minimum absolute atomic E-state index is 0.00567. The summed E-state index contributed by atoms with van der Waals surface area (Å²) < 4.78 is 17.3. The minimum atomic E-state index is -0.851. The molecular formula is C35H33NO8. The van der Waals surface area contributed by atoms with Crippen molar-refractivity contribution in [2.24, 2.45) is 0 Å². The fourth-order valence-corrected chi connectivity index (χ4v) is 7.87. The van der Waals surface area contributed by atoms with Crippen LogP contribution in [0.3, 0.4) is 0 Å². The van der Waals surface area contributed by atoms with E-state index in [2.05, 4.69) is 5.32 Å². The van der Waals surface area contributed by atoms with Crippen molar-refractivity contribution in [2.75, 3.05) is 26.6 Å². The number of phenolic OH excluding ortho intramolecular Hbond substituents is 2. The van der Waals surface area contributed by atoms with Crippen LogP contribution in [0.2, 0.25) is 0 Å². The standard InChI is InChI=1S/C35H33NO8/c1-14-11-17-23-28-24(33(40)32(17)36-16-9-7-6-8-10-16)18(38)12-20(42-3)26(28)27-21(43-4)13-19(39)25-30(27)29(23)31(22(14)15(2)37)35(44-5)34(25)41/h11-13,16,22,36,40-41H,6-10H2,1-5H3. The maximum Gasteiger partial charge on any atom is 0.194 e. The second kappa shape index (κ2) is 9.87. The molecule has 0 spiro atoms. The summed E-state index contributed by atoms with van der Waals surface area (Å²) in [6.45, 7) is 3.30. The van der Waals surface area contributed by atoms with Gasteiger partial charge in [0.1, 0.15) is 17.3 Å². The average Bonchev–Trinajstić information content (AvgIpc) is 3.13. The van der Waals surface area contributed by atoms with Gasteiger partial charge in [-0.2, -0.15) is 0 Å². The first kappa shape index (κ1) is 28.0. The third kappa shape index (κ3) is 3.55. The molecule has 2 aliphatic carbocycles. The number of methoxy groups -OCH3 is 3. The minimum Gasteiger partial charge on any atom is -0.505 e. The highest BCUT2D eigenvalue weighted by Gasteiger charge is 2.37. The number of fused-ring (bicyclic) bond motifs is 1. The number of ketones is 1. The van der Waals surface area contributed by atoms with Gasteiger partial charge in [0.05, 0.1) is 43.7 Å². The molecule has 2 aliphatic rings. The molecule has 1 fully saturated rings. The predicted octanol–water partition coefficient (Wildman–Crippen LogP) is 6.17. The zero-order chi connectivity index (χ0) is 31.2. The Labute approximate surface area is 252 Å². The Balaban J connectivity index is 1.89. The number of phenols is 2. The van der Waals surface area contributed by atoms with Crippen molar-refractivity contribution in [3.8, 4) is 28.7 Å². The lowest BCUT2D eigenvalue weighted by molar-refractivity contribution is -0.117. The van der Waals surface area contributed by atoms with Gasteiger partial charge in [-0.25, -0.2) is 0 Å². The highest BCUT2D eigenvalue weighted by atomic mass is 16.5. The number of Topliss-reactive ketones (excluding diaryl/α,β-unsaturated/α-hetero) is 1. The van der Waals surface area contributed by atoms with Gasteiger partial charge in [0, 0.05) is 56.2 Å². The third-order valence-electron chi connectivity index (χ3n) is 9.61. The molecule has 9 nitrogen and oxygen atoms in total. The van der Waals surface area contributed by atoms with Crippen LogP contribution in [-0.2, 0) is 4.79 Å². The number of anilines is 1. The highest BCUT2D eigenvalue weighted by molar-refractivity contribution is 6.40. The zero-order valence-electron chi connectivity index (χ0n) is 25.3. The molecule has 5 aromatic rings. The molecule has 0 aromatic heterocycles. The van der Waals surface area contributed by atoms with Gasteiger partial charge in [-0.05, 0) is 32.1 Å². The summed E-state index contributed by atoms with van der Waals surface area (Å²) in [5.74, 6) is -1.17. The molecule has 0 saturated heterocycles. The molecule has 7 rings (SSSR count). The van der Waals surface area contributed by atoms with E-state index < -0.39 is 16.8 Å². The summed E-state index contributed by atoms with van der Waals surface area (Å²) >= 11 is 0. The molecule has 1 saturated carbocycles. The number of hydrogen-bond acceptors (Lipinski definition) is 9. The Kier molecular flexibility index (Phi) is 6.28.